The number of ether oxygens (including phenoxy) is 4. The molecule has 0 amide bonds. The van der Waals surface area contributed by atoms with Crippen LogP contribution in [0, 0.1) is 0 Å². The average Bonchev–Trinajstić information content (AvgIpc) is 3.06. The van der Waals surface area contributed by atoms with Gasteiger partial charge >= 0.3 is 0 Å². The molecule has 15 atom stereocenters. The molecule has 3 aliphatic rings. The van der Waals surface area contributed by atoms with Crippen molar-refractivity contribution in [3.63, 3.8) is 0 Å². The molecular formula is C19H37BN4O10. The Hall–Kier alpha value is -0.915. The molecule has 1 saturated carbocycles. The van der Waals surface area contributed by atoms with Crippen molar-refractivity contribution in [3.8, 4) is 0 Å². The monoisotopic (exact) mass is 492 g/mol. The standard InChI is InChI=1S/C19H37BN4O10/c1-4(21)14-12(29)13(30)19(31-14)34-17-9(26)7(24-20)3-6(22)16(17)33-18-8(23)10(27)11(28)15(32-18)5(2)25/h5-19,24-30H,1,3,20-23H2,2H3/t5-,6?,7?,8?,9?,10?,11?,12?,13?,14?,15?,16?,17?,18?,19?/m1/s1. The predicted molar refractivity (Wildman–Crippen MR) is 118 cm³/mol. The number of nitrogens with one attached hydrogen (secondary N) is 1. The first-order valence-electron chi connectivity index (χ1n) is 11.2. The third kappa shape index (κ3) is 5.27. The quantitative estimate of drug-likeness (QED) is 0.148. The Morgan fingerprint density at radius 1 is 0.971 bits per heavy atom. The molecule has 1 aliphatic carbocycles. The second kappa shape index (κ2) is 11.0. The molecule has 196 valence electrons. The summed E-state index contributed by atoms with van der Waals surface area (Å²) in [6, 6.07) is -2.46. The lowest BCUT2D eigenvalue weighted by molar-refractivity contribution is -0.315. The highest BCUT2D eigenvalue weighted by atomic mass is 16.7. The van der Waals surface area contributed by atoms with Crippen LogP contribution in [-0.4, -0.2) is 130 Å². The normalized spacial score (nSPS) is 50.7. The molecule has 0 aromatic rings. The van der Waals surface area contributed by atoms with E-state index in [1.165, 1.54) is 6.92 Å². The van der Waals surface area contributed by atoms with Gasteiger partial charge in [0, 0.05) is 17.8 Å². The third-order valence-corrected chi connectivity index (χ3v) is 6.72. The van der Waals surface area contributed by atoms with Crippen molar-refractivity contribution in [1.29, 1.82) is 0 Å². The summed E-state index contributed by atoms with van der Waals surface area (Å²) >= 11 is 0. The molecule has 14 nitrogen and oxygen atoms in total. The predicted octanol–water partition coefficient (Wildman–Crippen LogP) is -6.57. The van der Waals surface area contributed by atoms with Gasteiger partial charge in [0.15, 0.2) is 20.6 Å². The topological polar surface area (TPSA) is 248 Å². The maximum Gasteiger partial charge on any atom is 0.187 e. The summed E-state index contributed by atoms with van der Waals surface area (Å²) in [5.41, 5.74) is 17.9. The molecule has 2 aliphatic heterocycles. The van der Waals surface area contributed by atoms with Crippen LogP contribution in [0.3, 0.4) is 0 Å². The Labute approximate surface area is 198 Å². The Kier molecular flexibility index (Phi) is 8.95. The van der Waals surface area contributed by atoms with Crippen molar-refractivity contribution in [2.24, 2.45) is 17.2 Å². The van der Waals surface area contributed by atoms with Crippen molar-refractivity contribution in [2.75, 3.05) is 0 Å². The Morgan fingerprint density at radius 3 is 2.12 bits per heavy atom. The minimum Gasteiger partial charge on any atom is -0.400 e. The largest absolute Gasteiger partial charge is 0.400 e. The van der Waals surface area contributed by atoms with Crippen LogP contribution in [0.2, 0.25) is 0 Å². The van der Waals surface area contributed by atoms with Crippen LogP contribution >= 0.6 is 0 Å². The van der Waals surface area contributed by atoms with E-state index in [9.17, 15) is 30.6 Å². The number of hydrogen-bond donors (Lipinski definition) is 10. The summed E-state index contributed by atoms with van der Waals surface area (Å²) in [5.74, 6) is 0. The molecule has 0 radical (unpaired) electrons. The number of rotatable bonds is 7. The van der Waals surface area contributed by atoms with Crippen LogP contribution < -0.4 is 22.4 Å². The van der Waals surface area contributed by atoms with Crippen molar-refractivity contribution >= 4 is 7.98 Å². The van der Waals surface area contributed by atoms with Gasteiger partial charge in [0.2, 0.25) is 0 Å². The van der Waals surface area contributed by atoms with Crippen LogP contribution in [0.25, 0.3) is 0 Å². The van der Waals surface area contributed by atoms with Gasteiger partial charge < -0.3 is 72.0 Å². The first-order valence-corrected chi connectivity index (χ1v) is 11.2. The van der Waals surface area contributed by atoms with Crippen LogP contribution in [0.15, 0.2) is 12.3 Å². The van der Waals surface area contributed by atoms with E-state index < -0.39 is 91.7 Å². The molecule has 2 saturated heterocycles. The maximum atomic E-state index is 11.0. The van der Waals surface area contributed by atoms with Crippen LogP contribution in [0.1, 0.15) is 13.3 Å². The van der Waals surface area contributed by atoms with E-state index in [-0.39, 0.29) is 12.1 Å². The lowest BCUT2D eigenvalue weighted by atomic mass is 9.83. The van der Waals surface area contributed by atoms with Gasteiger partial charge in [-0.2, -0.15) is 0 Å². The molecule has 0 spiro atoms. The second-order valence-electron chi connectivity index (χ2n) is 9.24. The second-order valence-corrected chi connectivity index (χ2v) is 9.24. The summed E-state index contributed by atoms with van der Waals surface area (Å²) in [7, 11) is 1.63. The van der Waals surface area contributed by atoms with Gasteiger partial charge in [0.05, 0.1) is 18.2 Å². The van der Waals surface area contributed by atoms with Crippen molar-refractivity contribution in [2.45, 2.75) is 105 Å². The van der Waals surface area contributed by atoms with E-state index in [0.29, 0.717) is 0 Å². The molecule has 0 aromatic carbocycles. The van der Waals surface area contributed by atoms with E-state index in [4.69, 9.17) is 36.1 Å². The van der Waals surface area contributed by atoms with E-state index in [0.717, 1.165) is 0 Å². The van der Waals surface area contributed by atoms with Crippen molar-refractivity contribution in [1.82, 2.24) is 5.23 Å². The van der Waals surface area contributed by atoms with E-state index in [1.54, 1.807) is 7.98 Å². The number of aliphatic hydroxyl groups excluding tert-OH is 6. The number of nitrogens with two attached hydrogens (primary N) is 3. The lowest BCUT2D eigenvalue weighted by Gasteiger charge is -2.48. The highest BCUT2D eigenvalue weighted by molar-refractivity contribution is 6.04. The number of aliphatic hydroxyl groups is 6. The highest BCUT2D eigenvalue weighted by Gasteiger charge is 2.53. The summed E-state index contributed by atoms with van der Waals surface area (Å²) < 4.78 is 23.0. The van der Waals surface area contributed by atoms with Crippen LogP contribution in [0.4, 0.5) is 0 Å². The fourth-order valence-electron chi connectivity index (χ4n) is 4.66. The summed E-state index contributed by atoms with van der Waals surface area (Å²) in [5, 5.41) is 64.9. The molecule has 15 heteroatoms. The van der Waals surface area contributed by atoms with Gasteiger partial charge in [0.25, 0.3) is 0 Å². The molecule has 13 N–H and O–H groups in total. The lowest BCUT2D eigenvalue weighted by Crippen LogP contribution is -2.68. The molecule has 2 heterocycles. The average molecular weight is 492 g/mol. The van der Waals surface area contributed by atoms with Gasteiger partial charge in [-0.15, -0.1) is 0 Å². The minimum absolute atomic E-state index is 0.0160. The van der Waals surface area contributed by atoms with Crippen molar-refractivity contribution < 1.29 is 49.6 Å². The van der Waals surface area contributed by atoms with E-state index in [2.05, 4.69) is 11.8 Å². The smallest absolute Gasteiger partial charge is 0.187 e. The Balaban J connectivity index is 1.83. The zero-order valence-electron chi connectivity index (χ0n) is 19.1. The molecule has 0 bridgehead atoms. The summed E-state index contributed by atoms with van der Waals surface area (Å²) in [4.78, 5) is 0. The van der Waals surface area contributed by atoms with Gasteiger partial charge in [-0.1, -0.05) is 6.58 Å². The van der Waals surface area contributed by atoms with Gasteiger partial charge in [-0.25, -0.2) is 0 Å². The SMILES string of the molecule is BNC1CC(N)C(OC2OC([C@@H](C)O)C(O)C(O)C2N)C(OC2OC(C(=C)N)C(O)C2O)C1O. The Morgan fingerprint density at radius 2 is 1.59 bits per heavy atom. The minimum atomic E-state index is -1.51. The van der Waals surface area contributed by atoms with Crippen molar-refractivity contribution in [3.05, 3.63) is 12.3 Å². The molecule has 34 heavy (non-hydrogen) atoms. The third-order valence-electron chi connectivity index (χ3n) is 6.72. The first kappa shape index (κ1) is 27.7. The van der Waals surface area contributed by atoms with Crippen LogP contribution in [0.5, 0.6) is 0 Å². The molecule has 14 unspecified atom stereocenters. The fourth-order valence-corrected chi connectivity index (χ4v) is 4.66. The highest BCUT2D eigenvalue weighted by Crippen LogP contribution is 2.33. The van der Waals surface area contributed by atoms with Crippen LogP contribution in [-0.2, 0) is 18.9 Å². The fraction of sp³-hybridized carbons (Fsp3) is 0.895. The van der Waals surface area contributed by atoms with E-state index >= 15 is 0 Å². The van der Waals surface area contributed by atoms with Gasteiger partial charge in [0.1, 0.15) is 48.8 Å². The molecule has 0 aromatic heterocycles. The zero-order chi connectivity index (χ0) is 25.5. The van der Waals surface area contributed by atoms with E-state index in [1.807, 2.05) is 0 Å². The van der Waals surface area contributed by atoms with Gasteiger partial charge in [-0.3, -0.25) is 0 Å². The Bertz CT molecular complexity index is 710. The maximum absolute atomic E-state index is 11.0. The number of hydrogen-bond acceptors (Lipinski definition) is 14. The first-order chi connectivity index (χ1) is 15.9. The molecule has 3 fully saturated rings. The molecular weight excluding hydrogens is 455 g/mol. The molecule has 3 rings (SSSR count). The summed E-state index contributed by atoms with van der Waals surface area (Å²) in [6.07, 6.45) is -15.2. The summed E-state index contributed by atoms with van der Waals surface area (Å²) in [6.45, 7) is 4.89. The zero-order valence-corrected chi connectivity index (χ0v) is 19.1. The van der Waals surface area contributed by atoms with Gasteiger partial charge in [-0.05, 0) is 13.3 Å².